The van der Waals surface area contributed by atoms with E-state index in [1.807, 2.05) is 0 Å². The van der Waals surface area contributed by atoms with Crippen molar-refractivity contribution in [3.05, 3.63) is 0 Å². The first-order valence-corrected chi connectivity index (χ1v) is 20.7. The summed E-state index contributed by atoms with van der Waals surface area (Å²) in [4.78, 5) is 140. The first-order chi connectivity index (χ1) is 29.6. The number of aliphatic carboxylic acids is 2. The quantitative estimate of drug-likeness (QED) is 0.0334. The van der Waals surface area contributed by atoms with Gasteiger partial charge in [0.2, 0.25) is 53.2 Å². The zero-order chi connectivity index (χ0) is 49.8. The van der Waals surface area contributed by atoms with Crippen LogP contribution in [0.2, 0.25) is 0 Å². The van der Waals surface area contributed by atoms with Crippen LogP contribution in [0, 0.1) is 23.7 Å². The summed E-state index contributed by atoms with van der Waals surface area (Å²) in [6, 6.07) is -13.1. The van der Waals surface area contributed by atoms with Crippen molar-refractivity contribution in [2.45, 2.75) is 142 Å². The van der Waals surface area contributed by atoms with Gasteiger partial charge in [0.05, 0.1) is 25.7 Å². The predicted octanol–water partition coefficient (Wildman–Crippen LogP) is -4.96. The summed E-state index contributed by atoms with van der Waals surface area (Å²) < 4.78 is 0. The van der Waals surface area contributed by atoms with Gasteiger partial charge in [0.15, 0.2) is 0 Å². The Morgan fingerprint density at radius 1 is 0.469 bits per heavy atom. The summed E-state index contributed by atoms with van der Waals surface area (Å²) in [6.07, 6.45) is -1.61. The van der Waals surface area contributed by atoms with Crippen LogP contribution in [0.4, 0.5) is 0 Å². The molecule has 0 bridgehead atoms. The van der Waals surface area contributed by atoms with E-state index in [1.165, 1.54) is 0 Å². The number of amides is 9. The maximum absolute atomic E-state index is 13.6. The van der Waals surface area contributed by atoms with Crippen LogP contribution in [0.1, 0.15) is 88.0 Å². The van der Waals surface area contributed by atoms with Crippen LogP contribution in [0.3, 0.4) is 0 Å². The van der Waals surface area contributed by atoms with Crippen LogP contribution in [0.5, 0.6) is 0 Å². The molecule has 0 spiro atoms. The van der Waals surface area contributed by atoms with Crippen LogP contribution in [0.25, 0.3) is 0 Å². The molecular formula is C39H68N10O15. The van der Waals surface area contributed by atoms with Gasteiger partial charge in [-0.15, -0.1) is 0 Å². The molecule has 0 rings (SSSR count). The molecule has 0 aliphatic carbocycles. The fourth-order valence-electron chi connectivity index (χ4n) is 5.76. The SMILES string of the molecule is CC(C)C[C@H](NC(=O)[C@@H](N)CC(N)=O)C(=O)N[C@@H](CO)C(=O)N[C@@H](CO)C(=O)N[C@@H](C)C(=O)N[C@@H](CCC(=O)O)C(=O)N[C@H](C(=O)N[C@H](C(=O)N[C@H](C(=O)O)C(C)C)C(C)C)C(C)C. The summed E-state index contributed by atoms with van der Waals surface area (Å²) >= 11 is 0. The Hall–Kier alpha value is -5.95. The van der Waals surface area contributed by atoms with Crippen molar-refractivity contribution >= 4 is 65.1 Å². The van der Waals surface area contributed by atoms with E-state index >= 15 is 0 Å². The van der Waals surface area contributed by atoms with E-state index in [2.05, 4.69) is 42.5 Å². The number of aliphatic hydroxyl groups is 2. The Kier molecular flexibility index (Phi) is 25.4. The van der Waals surface area contributed by atoms with Gasteiger partial charge in [-0.1, -0.05) is 55.4 Å². The van der Waals surface area contributed by atoms with Crippen LogP contribution in [-0.2, 0) is 52.7 Å². The third kappa shape index (κ3) is 20.5. The average Bonchev–Trinajstić information content (AvgIpc) is 3.18. The highest BCUT2D eigenvalue weighted by Crippen LogP contribution is 2.11. The molecule has 0 fully saturated rings. The van der Waals surface area contributed by atoms with Crippen molar-refractivity contribution in [2.24, 2.45) is 35.1 Å². The second-order valence-electron chi connectivity index (χ2n) is 16.7. The monoisotopic (exact) mass is 916 g/mol. The number of carboxylic acid groups (broad SMARTS) is 2. The molecule has 9 atom stereocenters. The van der Waals surface area contributed by atoms with Gasteiger partial charge in [0.1, 0.15) is 48.3 Å². The molecule has 0 radical (unpaired) electrons. The van der Waals surface area contributed by atoms with Gasteiger partial charge in [-0.25, -0.2) is 4.79 Å². The number of nitrogens with one attached hydrogen (secondary N) is 8. The van der Waals surface area contributed by atoms with Crippen molar-refractivity contribution in [1.29, 1.82) is 0 Å². The zero-order valence-corrected chi connectivity index (χ0v) is 37.7. The van der Waals surface area contributed by atoms with Crippen molar-refractivity contribution in [2.75, 3.05) is 13.2 Å². The lowest BCUT2D eigenvalue weighted by Gasteiger charge is -2.29. The highest BCUT2D eigenvalue weighted by molar-refractivity contribution is 5.98. The normalized spacial score (nSPS) is 15.5. The number of carboxylic acids is 2. The zero-order valence-electron chi connectivity index (χ0n) is 37.7. The molecule has 9 amide bonds. The second kappa shape index (κ2) is 28.0. The summed E-state index contributed by atoms with van der Waals surface area (Å²) in [7, 11) is 0. The van der Waals surface area contributed by atoms with Gasteiger partial charge in [-0.05, 0) is 43.4 Å². The summed E-state index contributed by atoms with van der Waals surface area (Å²) in [5.74, 6) is -13.2. The van der Waals surface area contributed by atoms with Crippen molar-refractivity contribution < 1.29 is 73.2 Å². The largest absolute Gasteiger partial charge is 0.481 e. The van der Waals surface area contributed by atoms with E-state index in [0.29, 0.717) is 0 Å². The number of hydrogen-bond donors (Lipinski definition) is 14. The topological polar surface area (TPSA) is 417 Å². The van der Waals surface area contributed by atoms with Crippen LogP contribution < -0.4 is 54.0 Å². The Morgan fingerprint density at radius 3 is 1.23 bits per heavy atom. The number of hydrogen-bond acceptors (Lipinski definition) is 14. The third-order valence-electron chi connectivity index (χ3n) is 9.49. The minimum atomic E-state index is -1.78. The van der Waals surface area contributed by atoms with Gasteiger partial charge in [-0.2, -0.15) is 0 Å². The first kappa shape index (κ1) is 58.0. The molecular weight excluding hydrogens is 848 g/mol. The lowest BCUT2D eigenvalue weighted by atomic mass is 9.98. The maximum atomic E-state index is 13.6. The molecule has 25 nitrogen and oxygen atoms in total. The van der Waals surface area contributed by atoms with Gasteiger partial charge in [0, 0.05) is 6.42 Å². The third-order valence-corrected chi connectivity index (χ3v) is 9.49. The van der Waals surface area contributed by atoms with Crippen molar-refractivity contribution in [1.82, 2.24) is 42.5 Å². The number of carbonyl (C=O) groups is 11. The number of primary amides is 1. The first-order valence-electron chi connectivity index (χ1n) is 20.7. The summed E-state index contributed by atoms with van der Waals surface area (Å²) in [5.41, 5.74) is 10.7. The molecule has 0 saturated carbocycles. The van der Waals surface area contributed by atoms with E-state index < -0.39 is 170 Å². The van der Waals surface area contributed by atoms with Crippen LogP contribution in [-0.4, -0.2) is 153 Å². The highest BCUT2D eigenvalue weighted by atomic mass is 16.4. The Balaban J connectivity index is 5.98. The van der Waals surface area contributed by atoms with Crippen molar-refractivity contribution in [3.63, 3.8) is 0 Å². The molecule has 0 saturated heterocycles. The van der Waals surface area contributed by atoms with E-state index in [4.69, 9.17) is 11.5 Å². The number of aliphatic hydroxyl groups excluding tert-OH is 2. The second-order valence-corrected chi connectivity index (χ2v) is 16.7. The summed E-state index contributed by atoms with van der Waals surface area (Å²) in [5, 5.41) is 57.3. The van der Waals surface area contributed by atoms with Gasteiger partial charge >= 0.3 is 11.9 Å². The van der Waals surface area contributed by atoms with Gasteiger partial charge in [0.25, 0.3) is 0 Å². The van der Waals surface area contributed by atoms with Gasteiger partial charge < -0.3 is 74.4 Å². The molecule has 16 N–H and O–H groups in total. The smallest absolute Gasteiger partial charge is 0.326 e. The van der Waals surface area contributed by atoms with E-state index in [0.717, 1.165) is 6.92 Å². The van der Waals surface area contributed by atoms with Crippen molar-refractivity contribution in [3.8, 4) is 0 Å². The maximum Gasteiger partial charge on any atom is 0.326 e. The molecule has 364 valence electrons. The molecule has 0 aromatic heterocycles. The van der Waals surface area contributed by atoms with Crippen LogP contribution in [0.15, 0.2) is 0 Å². The standard InChI is InChI=1S/C39H68N10O15/c1-16(2)12-23(44-32(56)21(40)13-26(41)52)34(58)45-25(15-51)36(60)46-24(14-50)35(59)42-20(9)31(55)43-22(10-11-27(53)54)33(57)47-28(17(3)4)37(61)48-29(18(5)6)38(62)49-30(19(7)8)39(63)64/h16-25,28-30,50-51H,10-15,40H2,1-9H3,(H2,41,52)(H,42,59)(H,43,55)(H,44,56)(H,45,58)(H,46,60)(H,47,57)(H,48,61)(H,49,62)(H,53,54)(H,63,64)/t20-,21-,22-,23-,24-,25-,28-,29-,30-/m0/s1. The molecule has 64 heavy (non-hydrogen) atoms. The number of rotatable bonds is 29. The molecule has 25 heteroatoms. The predicted molar refractivity (Wildman–Crippen MR) is 226 cm³/mol. The lowest BCUT2D eigenvalue weighted by Crippen LogP contribution is -2.61. The molecule has 0 unspecified atom stereocenters. The highest BCUT2D eigenvalue weighted by Gasteiger charge is 2.36. The van der Waals surface area contributed by atoms with E-state index in [-0.39, 0.29) is 12.3 Å². The molecule has 0 heterocycles. The van der Waals surface area contributed by atoms with E-state index in [1.54, 1.807) is 55.4 Å². The minimum absolute atomic E-state index is 0.0318. The average molecular weight is 917 g/mol. The molecule has 0 aliphatic rings. The fourth-order valence-corrected chi connectivity index (χ4v) is 5.76. The molecule has 0 aliphatic heterocycles. The lowest BCUT2D eigenvalue weighted by molar-refractivity contribution is -0.144. The summed E-state index contributed by atoms with van der Waals surface area (Å²) in [6.45, 7) is 12.0. The molecule has 0 aromatic carbocycles. The minimum Gasteiger partial charge on any atom is -0.481 e. The fraction of sp³-hybridized carbons (Fsp3) is 0.718. The molecule has 0 aromatic rings. The van der Waals surface area contributed by atoms with Crippen LogP contribution >= 0.6 is 0 Å². The Labute approximate surface area is 371 Å². The Bertz CT molecular complexity index is 1680. The Morgan fingerprint density at radius 2 is 0.844 bits per heavy atom. The van der Waals surface area contributed by atoms with Gasteiger partial charge in [-0.3, -0.25) is 47.9 Å². The number of carbonyl (C=O) groups excluding carboxylic acids is 9. The van der Waals surface area contributed by atoms with E-state index in [9.17, 15) is 73.2 Å². The number of nitrogens with two attached hydrogens (primary N) is 2.